The Morgan fingerprint density at radius 1 is 1.00 bits per heavy atom. The molecule has 114 valence electrons. The first-order valence-electron chi connectivity index (χ1n) is 7.61. The summed E-state index contributed by atoms with van der Waals surface area (Å²) in [5, 5.41) is 0. The van der Waals surface area contributed by atoms with E-state index in [1.54, 1.807) is 11.3 Å². The quantitative estimate of drug-likeness (QED) is 0.757. The van der Waals surface area contributed by atoms with Crippen LogP contribution in [0.25, 0.3) is 10.4 Å². The maximum Gasteiger partial charge on any atom is 0.253 e. The van der Waals surface area contributed by atoms with Crippen LogP contribution in [0, 0.1) is 6.92 Å². The molecule has 0 bridgehead atoms. The number of amides is 1. The molecule has 0 N–H and O–H groups in total. The molecule has 0 saturated carbocycles. The Morgan fingerprint density at radius 2 is 1.57 bits per heavy atom. The van der Waals surface area contributed by atoms with Crippen molar-refractivity contribution in [3.8, 4) is 10.4 Å². The van der Waals surface area contributed by atoms with Gasteiger partial charge in [-0.15, -0.1) is 11.3 Å². The van der Waals surface area contributed by atoms with E-state index in [9.17, 15) is 4.79 Å². The van der Waals surface area contributed by atoms with Crippen LogP contribution >= 0.6 is 11.3 Å². The molecule has 2 aromatic rings. The van der Waals surface area contributed by atoms with E-state index in [4.69, 9.17) is 0 Å². The Bertz CT molecular complexity index is 553. The fourth-order valence-electron chi connectivity index (χ4n) is 2.06. The van der Waals surface area contributed by atoms with Crippen molar-refractivity contribution in [3.05, 3.63) is 46.8 Å². The first-order valence-corrected chi connectivity index (χ1v) is 8.43. The van der Waals surface area contributed by atoms with Gasteiger partial charge in [0.2, 0.25) is 0 Å². The Labute approximate surface area is 132 Å². The molecule has 1 amide bonds. The zero-order chi connectivity index (χ0) is 15.8. The van der Waals surface area contributed by atoms with E-state index in [1.165, 1.54) is 15.3 Å². The molecule has 0 spiro atoms. The van der Waals surface area contributed by atoms with Gasteiger partial charge in [0.25, 0.3) is 5.91 Å². The average molecular weight is 303 g/mol. The van der Waals surface area contributed by atoms with Gasteiger partial charge in [-0.25, -0.2) is 0 Å². The van der Waals surface area contributed by atoms with Crippen LogP contribution in [0.5, 0.6) is 0 Å². The smallest absolute Gasteiger partial charge is 0.253 e. The molecule has 0 aliphatic rings. The number of aryl methyl sites for hydroxylation is 1. The summed E-state index contributed by atoms with van der Waals surface area (Å²) in [7, 11) is 0. The van der Waals surface area contributed by atoms with Gasteiger partial charge in [0, 0.05) is 28.4 Å². The van der Waals surface area contributed by atoms with Gasteiger partial charge >= 0.3 is 0 Å². The SMILES string of the molecule is CC.CCN(CC)C(=O)c1ccc(-c2ccc(C)s2)cc1. The van der Waals surface area contributed by atoms with Crippen LogP contribution in [-0.4, -0.2) is 23.9 Å². The monoisotopic (exact) mass is 303 g/mol. The van der Waals surface area contributed by atoms with Crippen LogP contribution in [0.1, 0.15) is 42.9 Å². The predicted octanol–water partition coefficient (Wildman–Crippen LogP) is 5.23. The third-order valence-electron chi connectivity index (χ3n) is 3.21. The molecule has 0 aliphatic heterocycles. The minimum Gasteiger partial charge on any atom is -0.339 e. The highest BCUT2D eigenvalue weighted by Gasteiger charge is 2.12. The third-order valence-corrected chi connectivity index (χ3v) is 4.26. The summed E-state index contributed by atoms with van der Waals surface area (Å²) in [6, 6.07) is 12.1. The second-order valence-corrected chi connectivity index (χ2v) is 5.75. The van der Waals surface area contributed by atoms with Gasteiger partial charge < -0.3 is 4.90 Å². The van der Waals surface area contributed by atoms with E-state index in [1.807, 2.05) is 56.9 Å². The van der Waals surface area contributed by atoms with E-state index in [2.05, 4.69) is 19.1 Å². The van der Waals surface area contributed by atoms with Crippen LogP contribution in [0.3, 0.4) is 0 Å². The topological polar surface area (TPSA) is 20.3 Å². The highest BCUT2D eigenvalue weighted by molar-refractivity contribution is 7.15. The van der Waals surface area contributed by atoms with Crippen molar-refractivity contribution in [2.75, 3.05) is 13.1 Å². The minimum absolute atomic E-state index is 0.110. The average Bonchev–Trinajstić information content (AvgIpc) is 2.97. The summed E-state index contributed by atoms with van der Waals surface area (Å²) >= 11 is 1.78. The number of carbonyl (C=O) groups excluding carboxylic acids is 1. The fraction of sp³-hybridized carbons (Fsp3) is 0.389. The molecule has 0 unspecified atom stereocenters. The number of nitrogens with zero attached hydrogens (tertiary/aromatic N) is 1. The first kappa shape index (κ1) is 17.4. The summed E-state index contributed by atoms with van der Waals surface area (Å²) in [5.74, 6) is 0.110. The summed E-state index contributed by atoms with van der Waals surface area (Å²) in [6.07, 6.45) is 0. The molecule has 1 aromatic carbocycles. The lowest BCUT2D eigenvalue weighted by atomic mass is 10.1. The van der Waals surface area contributed by atoms with E-state index < -0.39 is 0 Å². The van der Waals surface area contributed by atoms with Gasteiger partial charge in [-0.3, -0.25) is 4.79 Å². The molecule has 1 aromatic heterocycles. The normalized spacial score (nSPS) is 9.76. The van der Waals surface area contributed by atoms with E-state index in [0.29, 0.717) is 0 Å². The summed E-state index contributed by atoms with van der Waals surface area (Å²) in [6.45, 7) is 11.6. The van der Waals surface area contributed by atoms with E-state index >= 15 is 0 Å². The molecule has 2 rings (SSSR count). The minimum atomic E-state index is 0.110. The highest BCUT2D eigenvalue weighted by Crippen LogP contribution is 2.27. The molecule has 2 nitrogen and oxygen atoms in total. The highest BCUT2D eigenvalue weighted by atomic mass is 32.1. The molecule has 1 heterocycles. The lowest BCUT2D eigenvalue weighted by Gasteiger charge is -2.18. The van der Waals surface area contributed by atoms with Gasteiger partial charge in [0.1, 0.15) is 0 Å². The van der Waals surface area contributed by atoms with E-state index in [0.717, 1.165) is 18.7 Å². The largest absolute Gasteiger partial charge is 0.339 e. The first-order chi connectivity index (χ1) is 10.2. The van der Waals surface area contributed by atoms with Crippen molar-refractivity contribution in [2.45, 2.75) is 34.6 Å². The van der Waals surface area contributed by atoms with Gasteiger partial charge in [0.05, 0.1) is 0 Å². The molecule has 21 heavy (non-hydrogen) atoms. The predicted molar refractivity (Wildman–Crippen MR) is 93.1 cm³/mol. The maximum absolute atomic E-state index is 12.2. The van der Waals surface area contributed by atoms with Crippen molar-refractivity contribution in [3.63, 3.8) is 0 Å². The Kier molecular flexibility index (Phi) is 7.17. The van der Waals surface area contributed by atoms with Crippen LogP contribution in [-0.2, 0) is 0 Å². The second-order valence-electron chi connectivity index (χ2n) is 4.47. The number of hydrogen-bond donors (Lipinski definition) is 0. The fourth-order valence-corrected chi connectivity index (χ4v) is 2.93. The zero-order valence-electron chi connectivity index (χ0n) is 13.6. The van der Waals surface area contributed by atoms with Crippen molar-refractivity contribution in [1.82, 2.24) is 4.90 Å². The molecular formula is C18H25NOS. The lowest BCUT2D eigenvalue weighted by Crippen LogP contribution is -2.30. The van der Waals surface area contributed by atoms with Gasteiger partial charge in [-0.1, -0.05) is 26.0 Å². The van der Waals surface area contributed by atoms with E-state index in [-0.39, 0.29) is 5.91 Å². The van der Waals surface area contributed by atoms with Crippen molar-refractivity contribution >= 4 is 17.2 Å². The van der Waals surface area contributed by atoms with Crippen molar-refractivity contribution in [2.24, 2.45) is 0 Å². The van der Waals surface area contributed by atoms with Crippen LogP contribution < -0.4 is 0 Å². The number of carbonyl (C=O) groups is 1. The third kappa shape index (κ3) is 4.43. The van der Waals surface area contributed by atoms with Crippen molar-refractivity contribution < 1.29 is 4.79 Å². The number of thiophene rings is 1. The Balaban J connectivity index is 0.00000106. The summed E-state index contributed by atoms with van der Waals surface area (Å²) < 4.78 is 0. The van der Waals surface area contributed by atoms with Crippen LogP contribution in [0.4, 0.5) is 0 Å². The maximum atomic E-state index is 12.2. The van der Waals surface area contributed by atoms with Gasteiger partial charge in [0.15, 0.2) is 0 Å². The van der Waals surface area contributed by atoms with Gasteiger partial charge in [-0.05, 0) is 50.6 Å². The van der Waals surface area contributed by atoms with Gasteiger partial charge in [-0.2, -0.15) is 0 Å². The number of rotatable bonds is 4. The molecule has 0 radical (unpaired) electrons. The van der Waals surface area contributed by atoms with Crippen LogP contribution in [0.2, 0.25) is 0 Å². The number of benzene rings is 1. The molecule has 0 saturated heterocycles. The molecular weight excluding hydrogens is 278 g/mol. The van der Waals surface area contributed by atoms with Crippen LogP contribution in [0.15, 0.2) is 36.4 Å². The Morgan fingerprint density at radius 3 is 2.00 bits per heavy atom. The molecule has 3 heteroatoms. The lowest BCUT2D eigenvalue weighted by molar-refractivity contribution is 0.0773. The van der Waals surface area contributed by atoms with Crippen molar-refractivity contribution in [1.29, 1.82) is 0 Å². The second kappa shape index (κ2) is 8.63. The Hall–Kier alpha value is -1.61. The number of hydrogen-bond acceptors (Lipinski definition) is 2. The molecule has 0 atom stereocenters. The molecule has 0 fully saturated rings. The zero-order valence-corrected chi connectivity index (χ0v) is 14.5. The summed E-state index contributed by atoms with van der Waals surface area (Å²) in [4.78, 5) is 16.6. The standard InChI is InChI=1S/C16H19NOS.C2H6/c1-4-17(5-2)16(18)14-9-7-13(8-10-14)15-11-6-12(3)19-15;1-2/h6-11H,4-5H2,1-3H3;1-2H3. The summed E-state index contributed by atoms with van der Waals surface area (Å²) in [5.41, 5.74) is 1.94. The molecule has 0 aliphatic carbocycles.